The normalized spacial score (nSPS) is 20.0. The minimum Gasteiger partial charge on any atom is -0.397 e. The van der Waals surface area contributed by atoms with Crippen LogP contribution in [-0.2, 0) is 6.42 Å². The molecule has 2 aliphatic rings. The van der Waals surface area contributed by atoms with Crippen LogP contribution >= 0.6 is 11.3 Å². The molecule has 2 fully saturated rings. The highest BCUT2D eigenvalue weighted by Crippen LogP contribution is 2.41. The van der Waals surface area contributed by atoms with Gasteiger partial charge in [0.15, 0.2) is 0 Å². The number of pyridine rings is 1. The fourth-order valence-electron chi connectivity index (χ4n) is 4.86. The number of thiophene rings is 1. The van der Waals surface area contributed by atoms with E-state index in [-0.39, 0.29) is 24.4 Å². The second-order valence-electron chi connectivity index (χ2n) is 8.54. The zero-order valence-corrected chi connectivity index (χ0v) is 18.1. The minimum absolute atomic E-state index is 0.184. The lowest BCUT2D eigenvalue weighted by Gasteiger charge is -2.29. The number of nitrogens with two attached hydrogens (primary N) is 1. The fourth-order valence-corrected chi connectivity index (χ4v) is 5.91. The van der Waals surface area contributed by atoms with Gasteiger partial charge >= 0.3 is 0 Å². The molecule has 0 radical (unpaired) electrons. The van der Waals surface area contributed by atoms with Crippen LogP contribution in [0.3, 0.4) is 0 Å². The van der Waals surface area contributed by atoms with Gasteiger partial charge in [0, 0.05) is 36.3 Å². The molecule has 2 atom stereocenters. The molecule has 5 rings (SSSR count). The number of rotatable bonds is 5. The maximum Gasteiger partial charge on any atom is 0.263 e. The van der Waals surface area contributed by atoms with Gasteiger partial charge in [-0.2, -0.15) is 0 Å². The third-order valence-corrected chi connectivity index (χ3v) is 7.57. The van der Waals surface area contributed by atoms with Crippen molar-refractivity contribution in [1.82, 2.24) is 10.3 Å². The molecule has 5 nitrogen and oxygen atoms in total. The Hall–Kier alpha value is -2.74. The summed E-state index contributed by atoms with van der Waals surface area (Å²) in [6, 6.07) is 6.61. The van der Waals surface area contributed by atoms with Gasteiger partial charge in [-0.05, 0) is 62.3 Å². The predicted octanol–water partition coefficient (Wildman–Crippen LogP) is 4.43. The Labute approximate surface area is 183 Å². The summed E-state index contributed by atoms with van der Waals surface area (Å²) < 4.78 is 29.4. The Morgan fingerprint density at radius 1 is 1.29 bits per heavy atom. The molecule has 3 heterocycles. The van der Waals surface area contributed by atoms with Crippen molar-refractivity contribution in [3.05, 3.63) is 52.0 Å². The molecule has 1 saturated heterocycles. The topological polar surface area (TPSA) is 71.2 Å². The Morgan fingerprint density at radius 2 is 2.13 bits per heavy atom. The zero-order valence-electron chi connectivity index (χ0n) is 17.3. The highest BCUT2D eigenvalue weighted by Gasteiger charge is 2.39. The SMILES string of the molecule is Cc1ccc2c(N)c(C(=O)NCCc3cc(F)c(N4CC5CCC4C5)cc3F)sc2n1. The van der Waals surface area contributed by atoms with Crippen molar-refractivity contribution >= 4 is 38.8 Å². The number of nitrogens with zero attached hydrogens (tertiary/aromatic N) is 2. The van der Waals surface area contributed by atoms with E-state index >= 15 is 0 Å². The van der Waals surface area contributed by atoms with E-state index in [4.69, 9.17) is 5.73 Å². The molecule has 1 aliphatic heterocycles. The molecule has 3 N–H and O–H groups in total. The highest BCUT2D eigenvalue weighted by atomic mass is 32.1. The van der Waals surface area contributed by atoms with E-state index < -0.39 is 11.6 Å². The molecule has 2 unspecified atom stereocenters. The molecule has 1 aliphatic carbocycles. The highest BCUT2D eigenvalue weighted by molar-refractivity contribution is 7.21. The van der Waals surface area contributed by atoms with E-state index in [9.17, 15) is 13.6 Å². The van der Waals surface area contributed by atoms with E-state index in [0.717, 1.165) is 30.5 Å². The van der Waals surface area contributed by atoms with Crippen LogP contribution in [0.15, 0.2) is 24.3 Å². The number of carbonyl (C=O) groups is 1. The average Bonchev–Trinajstić information content (AvgIpc) is 3.45. The van der Waals surface area contributed by atoms with Gasteiger partial charge in [0.05, 0.1) is 11.4 Å². The van der Waals surface area contributed by atoms with Crippen molar-refractivity contribution in [1.29, 1.82) is 0 Å². The van der Waals surface area contributed by atoms with Crippen LogP contribution in [0.5, 0.6) is 0 Å². The average molecular weight is 443 g/mol. The summed E-state index contributed by atoms with van der Waals surface area (Å²) in [6.45, 7) is 2.87. The second-order valence-corrected chi connectivity index (χ2v) is 9.54. The monoisotopic (exact) mass is 442 g/mol. The summed E-state index contributed by atoms with van der Waals surface area (Å²) in [5.41, 5.74) is 7.98. The molecule has 3 aromatic rings. The number of halogens is 2. The van der Waals surface area contributed by atoms with Crippen molar-refractivity contribution in [3.63, 3.8) is 0 Å². The van der Waals surface area contributed by atoms with E-state index in [0.29, 0.717) is 33.0 Å². The van der Waals surface area contributed by atoms with Gasteiger partial charge in [0.1, 0.15) is 21.3 Å². The van der Waals surface area contributed by atoms with Gasteiger partial charge in [0.25, 0.3) is 5.91 Å². The molecular weight excluding hydrogens is 418 g/mol. The molecule has 1 saturated carbocycles. The fraction of sp³-hybridized carbons (Fsp3) is 0.391. The van der Waals surface area contributed by atoms with Crippen molar-refractivity contribution in [2.45, 2.75) is 38.6 Å². The van der Waals surface area contributed by atoms with Gasteiger partial charge < -0.3 is 16.0 Å². The number of aromatic nitrogens is 1. The first-order valence-corrected chi connectivity index (χ1v) is 11.4. The Bertz CT molecular complexity index is 1180. The Balaban J connectivity index is 1.26. The van der Waals surface area contributed by atoms with Crippen LogP contribution in [0.25, 0.3) is 10.2 Å². The van der Waals surface area contributed by atoms with Crippen molar-refractivity contribution in [2.75, 3.05) is 23.7 Å². The second kappa shape index (κ2) is 7.75. The molecule has 1 amide bonds. The van der Waals surface area contributed by atoms with Crippen molar-refractivity contribution in [3.8, 4) is 0 Å². The van der Waals surface area contributed by atoms with Gasteiger partial charge in [-0.25, -0.2) is 13.8 Å². The molecule has 1 aromatic carbocycles. The summed E-state index contributed by atoms with van der Waals surface area (Å²) >= 11 is 1.23. The number of nitrogens with one attached hydrogen (secondary N) is 1. The lowest BCUT2D eigenvalue weighted by molar-refractivity contribution is 0.0959. The van der Waals surface area contributed by atoms with Crippen LogP contribution in [-0.4, -0.2) is 30.0 Å². The Morgan fingerprint density at radius 3 is 2.87 bits per heavy atom. The van der Waals surface area contributed by atoms with Crippen LogP contribution in [0, 0.1) is 24.5 Å². The van der Waals surface area contributed by atoms with Crippen molar-refractivity contribution in [2.24, 2.45) is 5.92 Å². The number of piperidine rings is 1. The van der Waals surface area contributed by atoms with E-state index in [2.05, 4.69) is 10.3 Å². The number of amides is 1. The van der Waals surface area contributed by atoms with Gasteiger partial charge in [-0.15, -0.1) is 11.3 Å². The Kier molecular flexibility index (Phi) is 5.04. The van der Waals surface area contributed by atoms with Gasteiger partial charge in [0.2, 0.25) is 0 Å². The van der Waals surface area contributed by atoms with E-state index in [1.807, 2.05) is 24.0 Å². The van der Waals surface area contributed by atoms with E-state index in [1.54, 1.807) is 0 Å². The lowest BCUT2D eigenvalue weighted by Crippen LogP contribution is -2.32. The minimum atomic E-state index is -0.436. The first kappa shape index (κ1) is 20.2. The number of hydrogen-bond acceptors (Lipinski definition) is 5. The molecule has 0 spiro atoms. The third kappa shape index (κ3) is 3.63. The summed E-state index contributed by atoms with van der Waals surface area (Å²) in [7, 11) is 0. The molecule has 8 heteroatoms. The summed E-state index contributed by atoms with van der Waals surface area (Å²) in [5.74, 6) is -0.563. The number of benzene rings is 1. The van der Waals surface area contributed by atoms with Crippen LogP contribution in [0.4, 0.5) is 20.2 Å². The number of aryl methyl sites for hydroxylation is 1. The quantitative estimate of drug-likeness (QED) is 0.613. The molecular formula is C23H24F2N4OS. The number of nitrogen functional groups attached to an aromatic ring is 1. The van der Waals surface area contributed by atoms with E-state index in [1.165, 1.54) is 29.9 Å². The number of carbonyl (C=O) groups excluding carboxylic acids is 1. The van der Waals surface area contributed by atoms with Crippen LogP contribution in [0.2, 0.25) is 0 Å². The van der Waals surface area contributed by atoms with Crippen LogP contribution in [0.1, 0.15) is 40.2 Å². The molecule has 2 bridgehead atoms. The first-order chi connectivity index (χ1) is 14.9. The van der Waals surface area contributed by atoms with Gasteiger partial charge in [-0.1, -0.05) is 0 Å². The first-order valence-electron chi connectivity index (χ1n) is 10.6. The summed E-state index contributed by atoms with van der Waals surface area (Å²) in [4.78, 5) is 20.1. The standard InChI is InChI=1S/C23H24F2N4OS/c1-12-2-5-16-20(26)21(31-23(16)28-12)22(30)27-7-6-14-9-18(25)19(10-17(14)24)29-11-13-3-4-15(29)8-13/h2,5,9-10,13,15H,3-4,6-8,11,26H2,1H3,(H,27,30). The summed E-state index contributed by atoms with van der Waals surface area (Å²) in [5, 5.41) is 3.52. The predicted molar refractivity (Wildman–Crippen MR) is 120 cm³/mol. The zero-order chi connectivity index (χ0) is 21.7. The van der Waals surface area contributed by atoms with Crippen molar-refractivity contribution < 1.29 is 13.6 Å². The lowest BCUT2D eigenvalue weighted by atomic mass is 10.1. The van der Waals surface area contributed by atoms with Gasteiger partial charge in [-0.3, -0.25) is 4.79 Å². The largest absolute Gasteiger partial charge is 0.397 e. The molecule has 31 heavy (non-hydrogen) atoms. The van der Waals surface area contributed by atoms with Crippen LogP contribution < -0.4 is 16.0 Å². The maximum absolute atomic E-state index is 14.7. The summed E-state index contributed by atoms with van der Waals surface area (Å²) in [6.07, 6.45) is 3.51. The molecule has 2 aromatic heterocycles. The number of anilines is 2. The smallest absolute Gasteiger partial charge is 0.263 e. The molecule has 162 valence electrons. The maximum atomic E-state index is 14.7. The third-order valence-electron chi connectivity index (χ3n) is 6.45. The number of hydrogen-bond donors (Lipinski definition) is 2. The number of fused-ring (bicyclic) bond motifs is 3.